The molecular weight excluding hydrogens is 799 g/mol. The molecule has 0 rings (SSSR count). The summed E-state index contributed by atoms with van der Waals surface area (Å²) in [6, 6.07) is 0. The molecular formula is C18H37Cl3N2O16S6. The van der Waals surface area contributed by atoms with Crippen molar-refractivity contribution < 1.29 is 72.9 Å². The summed E-state index contributed by atoms with van der Waals surface area (Å²) in [6.07, 6.45) is -0.0500. The van der Waals surface area contributed by atoms with Crippen LogP contribution in [-0.2, 0) is 61.5 Å². The van der Waals surface area contributed by atoms with Crippen molar-refractivity contribution in [1.82, 2.24) is 8.43 Å². The topological polar surface area (TPSA) is 241 Å². The van der Waals surface area contributed by atoms with Crippen LogP contribution in [0.15, 0.2) is 0 Å². The lowest BCUT2D eigenvalue weighted by Crippen LogP contribution is -2.19. The van der Waals surface area contributed by atoms with Crippen molar-refractivity contribution >= 4 is 119 Å². The maximum absolute atomic E-state index is 10.9. The summed E-state index contributed by atoms with van der Waals surface area (Å²) >= 11 is 1.78. The van der Waals surface area contributed by atoms with Crippen molar-refractivity contribution in [3.63, 3.8) is 0 Å². The molecule has 0 heterocycles. The van der Waals surface area contributed by atoms with Crippen LogP contribution < -0.4 is 4.72 Å². The third kappa shape index (κ3) is 66.5. The van der Waals surface area contributed by atoms with Gasteiger partial charge in [-0.2, -0.15) is 8.42 Å². The molecule has 0 radical (unpaired) electrons. The van der Waals surface area contributed by atoms with Gasteiger partial charge >= 0.3 is 26.7 Å². The molecule has 0 unspecified atom stereocenters. The van der Waals surface area contributed by atoms with Gasteiger partial charge in [-0.15, -0.1) is 3.71 Å². The van der Waals surface area contributed by atoms with Crippen molar-refractivity contribution in [2.45, 2.75) is 27.7 Å². The normalized spacial score (nSPS) is 10.3. The Balaban J connectivity index is -0.000000155. The molecule has 0 aliphatic carbocycles. The van der Waals surface area contributed by atoms with E-state index in [1.54, 1.807) is 20.8 Å². The van der Waals surface area contributed by atoms with E-state index in [9.17, 15) is 36.0 Å². The van der Waals surface area contributed by atoms with E-state index in [4.69, 9.17) is 19.1 Å². The molecule has 0 aromatic heterocycles. The minimum atomic E-state index is -3.72. The zero-order valence-corrected chi connectivity index (χ0v) is 32.5. The smallest absolute Gasteiger partial charge is 0.435 e. The number of hydrogen-bond donors (Lipinski definition) is 1. The second kappa shape index (κ2) is 33.1. The van der Waals surface area contributed by atoms with Crippen molar-refractivity contribution in [2.75, 3.05) is 64.2 Å². The van der Waals surface area contributed by atoms with Gasteiger partial charge in [-0.05, 0) is 73.2 Å². The van der Waals surface area contributed by atoms with E-state index in [1.807, 2.05) is 0 Å². The lowest BCUT2D eigenvalue weighted by Gasteiger charge is -2.12. The molecule has 0 aromatic rings. The van der Waals surface area contributed by atoms with E-state index in [0.717, 1.165) is 50.9 Å². The molecule has 0 atom stereocenters. The van der Waals surface area contributed by atoms with Crippen molar-refractivity contribution in [1.29, 1.82) is 0 Å². The Bertz CT molecular complexity index is 1120. The molecule has 18 nitrogen and oxygen atoms in total. The fourth-order valence-corrected chi connectivity index (χ4v) is 2.74. The van der Waals surface area contributed by atoms with Gasteiger partial charge in [0.05, 0.1) is 32.3 Å². The van der Waals surface area contributed by atoms with Crippen LogP contribution in [0.25, 0.3) is 0 Å². The van der Waals surface area contributed by atoms with Crippen LogP contribution in [-0.4, -0.2) is 117 Å². The molecule has 0 saturated carbocycles. The van der Waals surface area contributed by atoms with Gasteiger partial charge in [-0.25, -0.2) is 35.9 Å². The summed E-state index contributed by atoms with van der Waals surface area (Å²) in [4.78, 5) is 41.7. The number of ether oxygens (including phenoxy) is 6. The third-order valence-electron chi connectivity index (χ3n) is 2.70. The maximum Gasteiger partial charge on any atom is 0.509 e. The van der Waals surface area contributed by atoms with E-state index >= 15 is 0 Å². The molecule has 45 heavy (non-hydrogen) atoms. The Labute approximate surface area is 290 Å². The highest BCUT2D eigenvalue weighted by atomic mass is 36.0. The molecule has 0 spiro atoms. The monoisotopic (exact) mass is 834 g/mol. The zero-order valence-electron chi connectivity index (χ0n) is 25.3. The highest BCUT2D eigenvalue weighted by molar-refractivity contribution is 8.31. The van der Waals surface area contributed by atoms with Gasteiger partial charge in [-0.3, -0.25) is 4.79 Å². The molecule has 0 bridgehead atoms. The van der Waals surface area contributed by atoms with Crippen LogP contribution in [0.3, 0.4) is 0 Å². The number of hydrogen-bond acceptors (Lipinski definition) is 19. The summed E-state index contributed by atoms with van der Waals surface area (Å²) < 4.78 is 89.7. The number of nitrogens with one attached hydrogen (secondary N) is 1. The van der Waals surface area contributed by atoms with Crippen molar-refractivity contribution in [3.05, 3.63) is 0 Å². The zero-order chi connectivity index (χ0) is 36.7. The van der Waals surface area contributed by atoms with E-state index in [1.165, 1.54) is 21.0 Å². The van der Waals surface area contributed by atoms with Crippen LogP contribution in [0.1, 0.15) is 27.7 Å². The third-order valence-corrected chi connectivity index (χ3v) is 7.20. The van der Waals surface area contributed by atoms with E-state index in [2.05, 4.69) is 54.5 Å². The van der Waals surface area contributed by atoms with Crippen LogP contribution >= 0.6 is 66.7 Å². The highest BCUT2D eigenvalue weighted by Crippen LogP contribution is 2.11. The summed E-state index contributed by atoms with van der Waals surface area (Å²) in [5.41, 5.74) is 0. The molecule has 27 heteroatoms. The summed E-state index contributed by atoms with van der Waals surface area (Å²) in [5.74, 6) is 0.0525. The molecule has 0 aliphatic rings. The van der Waals surface area contributed by atoms with Crippen LogP contribution in [0.5, 0.6) is 0 Å². The Morgan fingerprint density at radius 3 is 1.27 bits per heavy atom. The molecule has 0 amide bonds. The molecule has 0 aromatic carbocycles. The summed E-state index contributed by atoms with van der Waals surface area (Å²) in [5, 5.41) is -0.0886. The Morgan fingerprint density at radius 1 is 0.711 bits per heavy atom. The molecule has 1 N–H and O–H groups in total. The van der Waals surface area contributed by atoms with Crippen LogP contribution in [0, 0.1) is 0 Å². The van der Waals surface area contributed by atoms with Crippen molar-refractivity contribution in [2.24, 2.45) is 0 Å². The fourth-order valence-electron chi connectivity index (χ4n) is 0.954. The second-order valence-electron chi connectivity index (χ2n) is 6.24. The number of rotatable bonds is 12. The quantitative estimate of drug-likeness (QED) is 0.0962. The number of nitrogens with zero attached hydrogens (tertiary/aromatic N) is 1. The van der Waals surface area contributed by atoms with Gasteiger partial charge in [0.1, 0.15) is 5.94 Å². The van der Waals surface area contributed by atoms with Crippen LogP contribution in [0.2, 0.25) is 0 Å². The predicted octanol–water partition coefficient (Wildman–Crippen LogP) is 3.93. The number of thioether (sulfide) groups is 1. The number of carbonyl (C=O) groups is 4. The molecule has 272 valence electrons. The minimum Gasteiger partial charge on any atom is -0.435 e. The van der Waals surface area contributed by atoms with E-state index in [0.29, 0.717) is 6.61 Å². The summed E-state index contributed by atoms with van der Waals surface area (Å²) in [6.45, 7) is 7.27. The Kier molecular flexibility index (Phi) is 39.4. The standard InChI is InChI=1S/C6H13NO5S2.C6H10O4S.C4H7ClO3S.C2H7NO2S.Cl2O2S/c1-4-11-6(8)12-5-13-7(2)14(3,9)10;1-3-9-6(8)10-4-11-5(2)7;1-2-7-4(6)8-3-9-5;1-3-6(2,4)5;1-5(2,3)4/h4-5H2,1-3H3;3-4H2,1-2H3;2-3H2,1H3;3H,1-2H3;. The largest absolute Gasteiger partial charge is 0.509 e. The van der Waals surface area contributed by atoms with Gasteiger partial charge in [0.25, 0.3) is 0 Å². The lowest BCUT2D eigenvalue weighted by atomic mass is 10.9. The first-order valence-corrected chi connectivity index (χ1v) is 21.9. The molecule has 0 saturated heterocycles. The second-order valence-corrected chi connectivity index (χ2v) is 17.4. The van der Waals surface area contributed by atoms with E-state index in [-0.39, 0.29) is 36.1 Å². The first-order valence-electron chi connectivity index (χ1n) is 11.3. The minimum absolute atomic E-state index is 0.0220. The van der Waals surface area contributed by atoms with Gasteiger partial charge in [-0.1, -0.05) is 0 Å². The average molecular weight is 836 g/mol. The van der Waals surface area contributed by atoms with Gasteiger partial charge < -0.3 is 28.4 Å². The maximum atomic E-state index is 10.9. The Morgan fingerprint density at radius 2 is 1.02 bits per heavy atom. The first-order chi connectivity index (χ1) is 20.4. The number of carbonyl (C=O) groups excluding carboxylic acids is 4. The van der Waals surface area contributed by atoms with Crippen LogP contribution in [0.4, 0.5) is 14.4 Å². The van der Waals surface area contributed by atoms with Crippen molar-refractivity contribution in [3.8, 4) is 0 Å². The Hall–Kier alpha value is -0.830. The first kappa shape index (κ1) is 53.7. The average Bonchev–Trinajstić information content (AvgIpc) is 2.87. The lowest BCUT2D eigenvalue weighted by molar-refractivity contribution is -0.109. The molecule has 0 aliphatic heterocycles. The number of sulfonamides is 2. The highest BCUT2D eigenvalue weighted by Gasteiger charge is 2.12. The predicted molar refractivity (Wildman–Crippen MR) is 175 cm³/mol. The van der Waals surface area contributed by atoms with Gasteiger partial charge in [0, 0.05) is 35.3 Å². The van der Waals surface area contributed by atoms with Gasteiger partial charge in [0.2, 0.25) is 20.0 Å². The molecule has 0 fully saturated rings. The summed E-state index contributed by atoms with van der Waals surface area (Å²) in [7, 11) is 7.43. The SMILES string of the molecule is CCOC(=O)OCSC(C)=O.CCOC(=O)OCSCl.CCOC(=O)OCSN(C)S(C)(=O)=O.CNS(C)(=O)=O.O=S(=O)(Cl)Cl. The fraction of sp³-hybridized carbons (Fsp3) is 0.778. The van der Waals surface area contributed by atoms with E-state index < -0.39 is 46.8 Å². The van der Waals surface area contributed by atoms with Gasteiger partial charge in [0.15, 0.2) is 17.0 Å². The number of halogens is 3.